The van der Waals surface area contributed by atoms with Gasteiger partial charge in [0.15, 0.2) is 17.2 Å². The van der Waals surface area contributed by atoms with E-state index in [1.54, 1.807) is 0 Å². The molecule has 5 heteroatoms. The monoisotopic (exact) mass is 776 g/mol. The second-order valence-electron chi connectivity index (χ2n) is 16.1. The van der Waals surface area contributed by atoms with E-state index in [1.165, 1.54) is 65.6 Å². The van der Waals surface area contributed by atoms with Crippen LogP contribution in [0.1, 0.15) is 0 Å². The molecule has 5 heterocycles. The summed E-state index contributed by atoms with van der Waals surface area (Å²) in [6.45, 7) is 0. The molecule has 0 aliphatic rings. The molecule has 14 rings (SSSR count). The maximum atomic E-state index is 6.83. The number of fused-ring (bicyclic) bond motifs is 14. The zero-order chi connectivity index (χ0) is 39.8. The molecular weight excluding hydrogens is 745 g/mol. The lowest BCUT2D eigenvalue weighted by Gasteiger charge is -2.11. The molecule has 14 aromatic rings. The van der Waals surface area contributed by atoms with Crippen molar-refractivity contribution < 1.29 is 4.42 Å². The first-order valence-corrected chi connectivity index (χ1v) is 20.7. The predicted octanol–water partition coefficient (Wildman–Crippen LogP) is 14.8. The fourth-order valence-corrected chi connectivity index (χ4v) is 10.1. The summed E-state index contributed by atoms with van der Waals surface area (Å²) in [5.74, 6) is 1.36. The molecular formula is C56H32N4O. The van der Waals surface area contributed by atoms with Crippen molar-refractivity contribution >= 4 is 92.7 Å². The second kappa shape index (κ2) is 12.1. The molecule has 9 aromatic carbocycles. The highest BCUT2D eigenvalue weighted by Gasteiger charge is 2.27. The van der Waals surface area contributed by atoms with E-state index in [-0.39, 0.29) is 0 Å². The quantitative estimate of drug-likeness (QED) is 0.179. The lowest BCUT2D eigenvalue weighted by Crippen LogP contribution is -2.02. The first-order chi connectivity index (χ1) is 30.2. The van der Waals surface area contributed by atoms with Crippen LogP contribution in [-0.4, -0.2) is 18.9 Å². The van der Waals surface area contributed by atoms with Gasteiger partial charge in [-0.3, -0.25) is 4.57 Å². The Labute approximate surface area is 348 Å². The molecule has 0 spiro atoms. The highest BCUT2D eigenvalue weighted by Crippen LogP contribution is 2.48. The van der Waals surface area contributed by atoms with Crippen molar-refractivity contribution in [1.82, 2.24) is 18.9 Å². The number of para-hydroxylation sites is 2. The van der Waals surface area contributed by atoms with E-state index >= 15 is 0 Å². The topological polar surface area (TPSA) is 48.3 Å². The zero-order valence-corrected chi connectivity index (χ0v) is 32.7. The molecule has 0 N–H and O–H groups in total. The number of benzene rings is 9. The third kappa shape index (κ3) is 4.55. The van der Waals surface area contributed by atoms with Crippen LogP contribution in [0.5, 0.6) is 0 Å². The van der Waals surface area contributed by atoms with Gasteiger partial charge in [-0.15, -0.1) is 0 Å². The average Bonchev–Trinajstić information content (AvgIpc) is 4.06. The van der Waals surface area contributed by atoms with Crippen LogP contribution in [0.15, 0.2) is 199 Å². The van der Waals surface area contributed by atoms with E-state index in [4.69, 9.17) is 14.4 Å². The smallest absolute Gasteiger partial charge is 0.197 e. The van der Waals surface area contributed by atoms with E-state index in [0.29, 0.717) is 17.2 Å². The summed E-state index contributed by atoms with van der Waals surface area (Å²) in [5, 5.41) is 10.5. The van der Waals surface area contributed by atoms with Gasteiger partial charge in [0.25, 0.3) is 0 Å². The second-order valence-corrected chi connectivity index (χ2v) is 16.1. The molecule has 0 saturated heterocycles. The summed E-state index contributed by atoms with van der Waals surface area (Å²) >= 11 is 0. The fraction of sp³-hybridized carbons (Fsp3) is 0. The Bertz CT molecular complexity index is 4100. The first-order valence-electron chi connectivity index (χ1n) is 20.7. The third-order valence-corrected chi connectivity index (χ3v) is 12.8. The summed E-state index contributed by atoms with van der Waals surface area (Å²) in [6.07, 6.45) is 0. The van der Waals surface area contributed by atoms with Crippen molar-refractivity contribution in [2.45, 2.75) is 0 Å². The molecule has 282 valence electrons. The summed E-state index contributed by atoms with van der Waals surface area (Å²) in [5.41, 5.74) is 13.6. The van der Waals surface area contributed by atoms with Gasteiger partial charge < -0.3 is 8.82 Å². The molecule has 0 amide bonds. The van der Waals surface area contributed by atoms with Crippen LogP contribution in [0.2, 0.25) is 0 Å². The van der Waals surface area contributed by atoms with Crippen molar-refractivity contribution in [3.05, 3.63) is 194 Å². The van der Waals surface area contributed by atoms with Crippen LogP contribution in [0.25, 0.3) is 132 Å². The van der Waals surface area contributed by atoms with Crippen molar-refractivity contribution in [1.29, 1.82) is 0 Å². The van der Waals surface area contributed by atoms with E-state index < -0.39 is 0 Å². The number of aromatic nitrogens is 4. The SMILES string of the molecule is c1ccc(-c2ccc3c(c2)c2c4c5ccccc5n5c6cc(-c7ccccc7)ccc6c(cc2n3-c2nc(-c3ccc6ccccc6c3)nc3c2oc2ccccc23)c45)cc1. The molecule has 61 heavy (non-hydrogen) atoms. The fourth-order valence-electron chi connectivity index (χ4n) is 10.1. The molecule has 0 saturated carbocycles. The van der Waals surface area contributed by atoms with Crippen LogP contribution >= 0.6 is 0 Å². The first kappa shape index (κ1) is 32.7. The maximum absolute atomic E-state index is 6.83. The van der Waals surface area contributed by atoms with Crippen molar-refractivity contribution in [3.63, 3.8) is 0 Å². The average molecular weight is 777 g/mol. The van der Waals surface area contributed by atoms with Gasteiger partial charge in [0.2, 0.25) is 0 Å². The van der Waals surface area contributed by atoms with Crippen molar-refractivity contribution in [2.75, 3.05) is 0 Å². The number of furan rings is 1. The Balaban J connectivity index is 1.17. The lowest BCUT2D eigenvalue weighted by atomic mass is 9.99. The Hall–Kier alpha value is -8.28. The number of nitrogens with zero attached hydrogens (tertiary/aromatic N) is 4. The van der Waals surface area contributed by atoms with Gasteiger partial charge in [0.1, 0.15) is 11.1 Å². The minimum Gasteiger partial charge on any atom is -0.450 e. The maximum Gasteiger partial charge on any atom is 0.197 e. The summed E-state index contributed by atoms with van der Waals surface area (Å²) in [4.78, 5) is 10.8. The molecule has 0 radical (unpaired) electrons. The third-order valence-electron chi connectivity index (χ3n) is 12.8. The van der Waals surface area contributed by atoms with Crippen LogP contribution < -0.4 is 0 Å². The summed E-state index contributed by atoms with van der Waals surface area (Å²) in [7, 11) is 0. The van der Waals surface area contributed by atoms with Gasteiger partial charge in [0, 0.05) is 43.3 Å². The minimum absolute atomic E-state index is 0.650. The molecule has 0 aliphatic carbocycles. The van der Waals surface area contributed by atoms with Crippen LogP contribution in [0.3, 0.4) is 0 Å². The molecule has 0 atom stereocenters. The van der Waals surface area contributed by atoms with E-state index in [9.17, 15) is 0 Å². The van der Waals surface area contributed by atoms with Gasteiger partial charge in [-0.1, -0.05) is 146 Å². The van der Waals surface area contributed by atoms with Crippen LogP contribution in [0.4, 0.5) is 0 Å². The number of hydrogen-bond donors (Lipinski definition) is 0. The molecule has 0 unspecified atom stereocenters. The van der Waals surface area contributed by atoms with Crippen molar-refractivity contribution in [3.8, 4) is 39.5 Å². The molecule has 0 bridgehead atoms. The molecule has 0 fully saturated rings. The summed E-state index contributed by atoms with van der Waals surface area (Å²) < 4.78 is 11.7. The van der Waals surface area contributed by atoms with Gasteiger partial charge in [-0.2, -0.15) is 0 Å². The minimum atomic E-state index is 0.650. The summed E-state index contributed by atoms with van der Waals surface area (Å²) in [6, 6.07) is 69.5. The highest BCUT2D eigenvalue weighted by atomic mass is 16.3. The van der Waals surface area contributed by atoms with Gasteiger partial charge in [-0.05, 0) is 81.6 Å². The van der Waals surface area contributed by atoms with E-state index in [1.807, 2.05) is 12.1 Å². The number of rotatable bonds is 4. The largest absolute Gasteiger partial charge is 0.450 e. The van der Waals surface area contributed by atoms with E-state index in [0.717, 1.165) is 49.4 Å². The molecule has 0 aliphatic heterocycles. The van der Waals surface area contributed by atoms with Crippen LogP contribution in [0, 0.1) is 0 Å². The normalized spacial score (nSPS) is 12.3. The molecule has 5 nitrogen and oxygen atoms in total. The van der Waals surface area contributed by atoms with Crippen LogP contribution in [-0.2, 0) is 0 Å². The van der Waals surface area contributed by atoms with Gasteiger partial charge >= 0.3 is 0 Å². The Morgan fingerprint density at radius 3 is 1.90 bits per heavy atom. The molecule has 5 aromatic heterocycles. The Kier molecular flexibility index (Phi) is 6.49. The predicted molar refractivity (Wildman–Crippen MR) is 252 cm³/mol. The zero-order valence-electron chi connectivity index (χ0n) is 32.7. The number of hydrogen-bond acceptors (Lipinski definition) is 3. The van der Waals surface area contributed by atoms with Gasteiger partial charge in [-0.25, -0.2) is 9.97 Å². The van der Waals surface area contributed by atoms with Gasteiger partial charge in [0.05, 0.1) is 27.6 Å². The Morgan fingerprint density at radius 1 is 0.377 bits per heavy atom. The lowest BCUT2D eigenvalue weighted by molar-refractivity contribution is 0.662. The standard InChI is InChI=1S/C56H32N4O/c1-3-13-33(14-4-1)37-26-28-46-44(30-37)50-48(32-43-40-27-25-38(34-15-5-2-6-16-34)31-47(40)59-45-21-11-9-19-41(45)51(50)53(43)59)60(46)56-54-52(42-20-10-12-22-49(42)61-54)57-55(58-56)39-24-23-35-17-7-8-18-36(35)29-39/h1-32H. The Morgan fingerprint density at radius 2 is 1.07 bits per heavy atom. The van der Waals surface area contributed by atoms with E-state index in [2.05, 4.69) is 191 Å². The highest BCUT2D eigenvalue weighted by molar-refractivity contribution is 6.36. The van der Waals surface area contributed by atoms with Crippen molar-refractivity contribution in [2.24, 2.45) is 0 Å².